The molecular weight excluding hydrogens is 214 g/mol. The number of rotatable bonds is 4. The molecule has 0 aromatic carbocycles. The first-order valence-corrected chi connectivity index (χ1v) is 4.77. The van der Waals surface area contributed by atoms with Gasteiger partial charge in [-0.05, 0) is 20.8 Å². The molecule has 0 radical (unpaired) electrons. The van der Waals surface area contributed by atoms with Gasteiger partial charge in [-0.25, -0.2) is 4.79 Å². The fourth-order valence-corrected chi connectivity index (χ4v) is 0.972. The van der Waals surface area contributed by atoms with E-state index in [4.69, 9.17) is 4.52 Å². The Morgan fingerprint density at radius 1 is 1.56 bits per heavy atom. The standard InChI is InChI=1S/C10H13NO5/c1-4-15-9(13)8(12)6-5-7(16-11-6)10(2,3)14/h5,14H,4H2,1-3H3. The van der Waals surface area contributed by atoms with Gasteiger partial charge in [0.25, 0.3) is 5.78 Å². The average molecular weight is 227 g/mol. The van der Waals surface area contributed by atoms with E-state index >= 15 is 0 Å². The fraction of sp³-hybridized carbons (Fsp3) is 0.500. The lowest BCUT2D eigenvalue weighted by Gasteiger charge is -2.10. The molecule has 1 aromatic rings. The molecule has 0 atom stereocenters. The van der Waals surface area contributed by atoms with Gasteiger partial charge < -0.3 is 14.4 Å². The van der Waals surface area contributed by atoms with Crippen molar-refractivity contribution in [2.24, 2.45) is 0 Å². The van der Waals surface area contributed by atoms with Crippen molar-refractivity contribution in [3.63, 3.8) is 0 Å². The number of ether oxygens (including phenoxy) is 1. The Labute approximate surface area is 92.2 Å². The van der Waals surface area contributed by atoms with Crippen LogP contribution in [0.1, 0.15) is 37.0 Å². The van der Waals surface area contributed by atoms with Crippen LogP contribution in [0.4, 0.5) is 0 Å². The maximum Gasteiger partial charge on any atom is 0.381 e. The third-order valence-electron chi connectivity index (χ3n) is 1.81. The molecule has 6 nitrogen and oxygen atoms in total. The van der Waals surface area contributed by atoms with Gasteiger partial charge in [0, 0.05) is 6.07 Å². The Bertz CT molecular complexity index is 402. The predicted molar refractivity (Wildman–Crippen MR) is 52.7 cm³/mol. The van der Waals surface area contributed by atoms with Crippen LogP contribution in [0.3, 0.4) is 0 Å². The van der Waals surface area contributed by atoms with E-state index in [1.54, 1.807) is 6.92 Å². The average Bonchev–Trinajstić information content (AvgIpc) is 2.65. The Morgan fingerprint density at radius 3 is 2.62 bits per heavy atom. The Kier molecular flexibility index (Phi) is 3.44. The number of Topliss-reactive ketones (excluding diaryl/α,β-unsaturated/α-hetero) is 1. The molecule has 16 heavy (non-hydrogen) atoms. The zero-order valence-corrected chi connectivity index (χ0v) is 9.31. The maximum absolute atomic E-state index is 11.4. The lowest BCUT2D eigenvalue weighted by atomic mass is 10.1. The van der Waals surface area contributed by atoms with Crippen molar-refractivity contribution >= 4 is 11.8 Å². The van der Waals surface area contributed by atoms with Gasteiger partial charge in [-0.2, -0.15) is 0 Å². The second kappa shape index (κ2) is 4.44. The second-order valence-electron chi connectivity index (χ2n) is 3.69. The molecule has 6 heteroatoms. The number of aliphatic hydroxyl groups is 1. The van der Waals surface area contributed by atoms with Gasteiger partial charge in [-0.1, -0.05) is 5.16 Å². The third-order valence-corrected chi connectivity index (χ3v) is 1.81. The summed E-state index contributed by atoms with van der Waals surface area (Å²) in [5, 5.41) is 13.0. The van der Waals surface area contributed by atoms with Gasteiger partial charge in [-0.3, -0.25) is 4.79 Å². The summed E-state index contributed by atoms with van der Waals surface area (Å²) in [7, 11) is 0. The number of hydrogen-bond acceptors (Lipinski definition) is 6. The van der Waals surface area contributed by atoms with Crippen LogP contribution < -0.4 is 0 Å². The summed E-state index contributed by atoms with van der Waals surface area (Å²) in [6.07, 6.45) is 0. The zero-order chi connectivity index (χ0) is 12.3. The van der Waals surface area contributed by atoms with Crippen LogP contribution in [0.25, 0.3) is 0 Å². The Morgan fingerprint density at radius 2 is 2.19 bits per heavy atom. The molecule has 88 valence electrons. The minimum Gasteiger partial charge on any atom is -0.460 e. The van der Waals surface area contributed by atoms with E-state index in [2.05, 4.69) is 9.89 Å². The molecule has 0 unspecified atom stereocenters. The van der Waals surface area contributed by atoms with Crippen molar-refractivity contribution in [3.05, 3.63) is 17.5 Å². The van der Waals surface area contributed by atoms with Crippen LogP contribution in [0, 0.1) is 0 Å². The van der Waals surface area contributed by atoms with Gasteiger partial charge in [0.2, 0.25) is 0 Å². The van der Waals surface area contributed by atoms with Crippen molar-refractivity contribution in [2.75, 3.05) is 6.61 Å². The highest BCUT2D eigenvalue weighted by molar-refractivity contribution is 6.40. The number of nitrogens with zero attached hydrogens (tertiary/aromatic N) is 1. The lowest BCUT2D eigenvalue weighted by Crippen LogP contribution is -2.18. The highest BCUT2D eigenvalue weighted by Crippen LogP contribution is 2.20. The van der Waals surface area contributed by atoms with Crippen LogP contribution in [-0.4, -0.2) is 28.6 Å². The summed E-state index contributed by atoms with van der Waals surface area (Å²) in [6.45, 7) is 4.66. The zero-order valence-electron chi connectivity index (χ0n) is 9.31. The van der Waals surface area contributed by atoms with E-state index in [9.17, 15) is 14.7 Å². The number of ketones is 1. The summed E-state index contributed by atoms with van der Waals surface area (Å²) in [5.41, 5.74) is -1.42. The number of carbonyl (C=O) groups is 2. The first kappa shape index (κ1) is 12.4. The predicted octanol–water partition coefficient (Wildman–Crippen LogP) is 0.648. The molecule has 0 aliphatic carbocycles. The SMILES string of the molecule is CCOC(=O)C(=O)c1cc(C(C)(C)O)on1. The van der Waals surface area contributed by atoms with Crippen LogP contribution >= 0.6 is 0 Å². The summed E-state index contributed by atoms with van der Waals surface area (Å²) in [6, 6.07) is 1.22. The van der Waals surface area contributed by atoms with Crippen molar-refractivity contribution in [1.29, 1.82) is 0 Å². The number of aromatic nitrogens is 1. The molecule has 1 rings (SSSR count). The molecule has 0 aliphatic heterocycles. The fourth-order valence-electron chi connectivity index (χ4n) is 0.972. The van der Waals surface area contributed by atoms with E-state index in [0.29, 0.717) is 0 Å². The molecule has 0 amide bonds. The van der Waals surface area contributed by atoms with E-state index < -0.39 is 17.4 Å². The van der Waals surface area contributed by atoms with E-state index in [1.807, 2.05) is 0 Å². The number of carbonyl (C=O) groups excluding carboxylic acids is 2. The van der Waals surface area contributed by atoms with Crippen molar-refractivity contribution < 1.29 is 24.0 Å². The third kappa shape index (κ3) is 2.66. The van der Waals surface area contributed by atoms with Crippen molar-refractivity contribution in [2.45, 2.75) is 26.4 Å². The molecular formula is C10H13NO5. The van der Waals surface area contributed by atoms with Gasteiger partial charge in [0.05, 0.1) is 6.61 Å². The largest absolute Gasteiger partial charge is 0.460 e. The maximum atomic E-state index is 11.4. The molecule has 0 aliphatic rings. The van der Waals surface area contributed by atoms with Gasteiger partial charge in [0.1, 0.15) is 5.60 Å². The van der Waals surface area contributed by atoms with Crippen molar-refractivity contribution in [1.82, 2.24) is 5.16 Å². The highest BCUT2D eigenvalue weighted by atomic mass is 16.5. The molecule has 0 saturated carbocycles. The molecule has 0 spiro atoms. The molecule has 1 N–H and O–H groups in total. The second-order valence-corrected chi connectivity index (χ2v) is 3.69. The molecule has 0 fully saturated rings. The number of esters is 1. The van der Waals surface area contributed by atoms with E-state index in [0.717, 1.165) is 0 Å². The summed E-state index contributed by atoms with van der Waals surface area (Å²) < 4.78 is 9.27. The molecule has 0 saturated heterocycles. The summed E-state index contributed by atoms with van der Waals surface area (Å²) in [5.74, 6) is -1.76. The van der Waals surface area contributed by atoms with Gasteiger partial charge in [0.15, 0.2) is 11.5 Å². The normalized spacial score (nSPS) is 11.2. The first-order valence-electron chi connectivity index (χ1n) is 4.77. The number of hydrogen-bond donors (Lipinski definition) is 1. The van der Waals surface area contributed by atoms with Crippen LogP contribution in [0.2, 0.25) is 0 Å². The lowest BCUT2D eigenvalue weighted by molar-refractivity contribution is -0.137. The molecule has 0 bridgehead atoms. The Hall–Kier alpha value is -1.69. The van der Waals surface area contributed by atoms with Crippen molar-refractivity contribution in [3.8, 4) is 0 Å². The van der Waals surface area contributed by atoms with Crippen LogP contribution in [0.15, 0.2) is 10.6 Å². The van der Waals surface area contributed by atoms with E-state index in [1.165, 1.54) is 19.9 Å². The van der Waals surface area contributed by atoms with E-state index in [-0.39, 0.29) is 18.1 Å². The summed E-state index contributed by atoms with van der Waals surface area (Å²) >= 11 is 0. The topological polar surface area (TPSA) is 89.6 Å². The molecule has 1 aromatic heterocycles. The first-order chi connectivity index (χ1) is 7.36. The van der Waals surface area contributed by atoms with Gasteiger partial charge >= 0.3 is 5.97 Å². The minimum absolute atomic E-state index is 0.111. The highest BCUT2D eigenvalue weighted by Gasteiger charge is 2.27. The van der Waals surface area contributed by atoms with Crippen LogP contribution in [-0.2, 0) is 15.1 Å². The van der Waals surface area contributed by atoms with Crippen LogP contribution in [0.5, 0.6) is 0 Å². The Balaban J connectivity index is 2.86. The quantitative estimate of drug-likeness (QED) is 0.461. The monoisotopic (exact) mass is 227 g/mol. The smallest absolute Gasteiger partial charge is 0.381 e. The van der Waals surface area contributed by atoms with Gasteiger partial charge in [-0.15, -0.1) is 0 Å². The minimum atomic E-state index is -1.25. The molecule has 1 heterocycles. The summed E-state index contributed by atoms with van der Waals surface area (Å²) in [4.78, 5) is 22.5.